The van der Waals surface area contributed by atoms with E-state index in [1.165, 1.54) is 15.9 Å². The molecule has 2 aromatic heterocycles. The number of hydrogen-bond acceptors (Lipinski definition) is 4. The molecule has 3 aromatic rings. The molecule has 2 heterocycles. The van der Waals surface area contributed by atoms with Crippen molar-refractivity contribution in [3.8, 4) is 0 Å². The zero-order chi connectivity index (χ0) is 19.9. The van der Waals surface area contributed by atoms with E-state index in [-0.39, 0.29) is 16.3 Å². The van der Waals surface area contributed by atoms with E-state index in [0.29, 0.717) is 16.0 Å². The topological polar surface area (TPSA) is 64.0 Å². The van der Waals surface area contributed by atoms with Crippen molar-refractivity contribution in [2.45, 2.75) is 26.6 Å². The highest BCUT2D eigenvalue weighted by atomic mass is 35.5. The highest BCUT2D eigenvalue weighted by molar-refractivity contribution is 7.18. The number of halogens is 4. The molecule has 0 fully saturated rings. The molecule has 3 rings (SSSR count). The van der Waals surface area contributed by atoms with Crippen LogP contribution in [-0.2, 0) is 17.5 Å². The van der Waals surface area contributed by atoms with Gasteiger partial charge in [0, 0.05) is 4.88 Å². The van der Waals surface area contributed by atoms with Gasteiger partial charge in [0.1, 0.15) is 17.2 Å². The third kappa shape index (κ3) is 3.98. The van der Waals surface area contributed by atoms with Gasteiger partial charge in [0.2, 0.25) is 5.91 Å². The van der Waals surface area contributed by atoms with Crippen molar-refractivity contribution in [2.24, 2.45) is 0 Å². The first-order chi connectivity index (χ1) is 12.6. The fourth-order valence-corrected chi connectivity index (χ4v) is 3.64. The molecule has 1 N–H and O–H groups in total. The molecule has 0 aliphatic rings. The van der Waals surface area contributed by atoms with Gasteiger partial charge in [-0.2, -0.15) is 13.2 Å². The predicted molar refractivity (Wildman–Crippen MR) is 98.4 cm³/mol. The molecule has 27 heavy (non-hydrogen) atoms. The van der Waals surface area contributed by atoms with Gasteiger partial charge in [-0.15, -0.1) is 11.3 Å². The minimum atomic E-state index is -4.57. The number of nitrogens with zero attached hydrogens (tertiary/aromatic N) is 2. The molecule has 0 saturated heterocycles. The van der Waals surface area contributed by atoms with Gasteiger partial charge in [-0.05, 0) is 38.1 Å². The number of carbonyl (C=O) groups is 1. The van der Waals surface area contributed by atoms with Gasteiger partial charge in [0.25, 0.3) is 5.56 Å². The molecule has 1 aromatic carbocycles. The number of carbonyl (C=O) groups excluding carboxylic acids is 1. The standard InChI is InChI=1S/C17H13ClF3N3O2S/c1-8-5-11-15(27-8)22-9(2)24(16(11)26)7-14(25)23-13-6-10(17(19,20)21)3-4-12(13)18/h3-6H,7H2,1-2H3,(H,23,25). The highest BCUT2D eigenvalue weighted by Crippen LogP contribution is 2.33. The predicted octanol–water partition coefficient (Wildman–Crippen LogP) is 4.39. The number of alkyl halides is 3. The quantitative estimate of drug-likeness (QED) is 0.690. The first kappa shape index (κ1) is 19.4. The maximum atomic E-state index is 12.8. The first-order valence-corrected chi connectivity index (χ1v) is 8.90. The lowest BCUT2D eigenvalue weighted by atomic mass is 10.2. The minimum Gasteiger partial charge on any atom is -0.323 e. The molecule has 0 aliphatic heterocycles. The molecule has 0 unspecified atom stereocenters. The highest BCUT2D eigenvalue weighted by Gasteiger charge is 2.31. The fraction of sp³-hybridized carbons (Fsp3) is 0.235. The molecule has 0 spiro atoms. The summed E-state index contributed by atoms with van der Waals surface area (Å²) in [7, 11) is 0. The van der Waals surface area contributed by atoms with Gasteiger partial charge < -0.3 is 5.32 Å². The van der Waals surface area contributed by atoms with Crippen molar-refractivity contribution in [1.29, 1.82) is 0 Å². The van der Waals surface area contributed by atoms with Crippen LogP contribution in [0.3, 0.4) is 0 Å². The fourth-order valence-electron chi connectivity index (χ4n) is 2.55. The lowest BCUT2D eigenvalue weighted by Gasteiger charge is -2.13. The Morgan fingerprint density at radius 2 is 2.00 bits per heavy atom. The van der Waals surface area contributed by atoms with Crippen LogP contribution >= 0.6 is 22.9 Å². The van der Waals surface area contributed by atoms with Crippen LogP contribution in [0, 0.1) is 13.8 Å². The van der Waals surface area contributed by atoms with E-state index in [2.05, 4.69) is 10.3 Å². The smallest absolute Gasteiger partial charge is 0.323 e. The average Bonchev–Trinajstić information content (AvgIpc) is 2.93. The van der Waals surface area contributed by atoms with Crippen LogP contribution < -0.4 is 10.9 Å². The van der Waals surface area contributed by atoms with Crippen LogP contribution in [0.2, 0.25) is 5.02 Å². The largest absolute Gasteiger partial charge is 0.416 e. The number of anilines is 1. The van der Waals surface area contributed by atoms with Gasteiger partial charge in [-0.1, -0.05) is 11.6 Å². The molecule has 0 saturated carbocycles. The molecule has 5 nitrogen and oxygen atoms in total. The van der Waals surface area contributed by atoms with Crippen molar-refractivity contribution in [1.82, 2.24) is 9.55 Å². The number of rotatable bonds is 3. The van der Waals surface area contributed by atoms with E-state index in [4.69, 9.17) is 11.6 Å². The van der Waals surface area contributed by atoms with E-state index in [9.17, 15) is 22.8 Å². The molecule has 0 bridgehead atoms. The number of thiophene rings is 1. The van der Waals surface area contributed by atoms with E-state index in [1.54, 1.807) is 13.0 Å². The van der Waals surface area contributed by atoms with Crippen LogP contribution in [0.25, 0.3) is 10.2 Å². The van der Waals surface area contributed by atoms with Crippen molar-refractivity contribution in [3.05, 3.63) is 55.9 Å². The lowest BCUT2D eigenvalue weighted by Crippen LogP contribution is -2.30. The maximum Gasteiger partial charge on any atom is 0.416 e. The van der Waals surface area contributed by atoms with Crippen molar-refractivity contribution in [2.75, 3.05) is 5.32 Å². The van der Waals surface area contributed by atoms with Crippen LogP contribution in [0.15, 0.2) is 29.1 Å². The minimum absolute atomic E-state index is 0.0394. The second-order valence-corrected chi connectivity index (χ2v) is 7.51. The Labute approximate surface area is 160 Å². The summed E-state index contributed by atoms with van der Waals surface area (Å²) in [5.74, 6) is -0.353. The summed E-state index contributed by atoms with van der Waals surface area (Å²) in [6, 6.07) is 4.31. The monoisotopic (exact) mass is 415 g/mol. The third-order valence-electron chi connectivity index (χ3n) is 3.83. The Morgan fingerprint density at radius 3 is 2.67 bits per heavy atom. The number of fused-ring (bicyclic) bond motifs is 1. The number of hydrogen-bond donors (Lipinski definition) is 1. The van der Waals surface area contributed by atoms with Crippen LogP contribution in [0.5, 0.6) is 0 Å². The number of nitrogens with one attached hydrogen (secondary N) is 1. The van der Waals surface area contributed by atoms with E-state index >= 15 is 0 Å². The molecule has 1 amide bonds. The van der Waals surface area contributed by atoms with Gasteiger partial charge >= 0.3 is 6.18 Å². The van der Waals surface area contributed by atoms with Gasteiger partial charge in [0.15, 0.2) is 0 Å². The average molecular weight is 416 g/mol. The van der Waals surface area contributed by atoms with Gasteiger partial charge in [-0.3, -0.25) is 14.2 Å². The summed E-state index contributed by atoms with van der Waals surface area (Å²) in [6.07, 6.45) is -4.57. The summed E-state index contributed by atoms with van der Waals surface area (Å²) >= 11 is 7.24. The van der Waals surface area contributed by atoms with E-state index in [1.807, 2.05) is 6.92 Å². The van der Waals surface area contributed by atoms with Crippen LogP contribution in [-0.4, -0.2) is 15.5 Å². The van der Waals surface area contributed by atoms with Crippen LogP contribution in [0.4, 0.5) is 18.9 Å². The Balaban J connectivity index is 1.89. The Bertz CT molecular complexity index is 1110. The van der Waals surface area contributed by atoms with Crippen molar-refractivity contribution < 1.29 is 18.0 Å². The van der Waals surface area contributed by atoms with Crippen molar-refractivity contribution in [3.63, 3.8) is 0 Å². The van der Waals surface area contributed by atoms with E-state index < -0.39 is 24.2 Å². The molecular formula is C17H13ClF3N3O2S. The SMILES string of the molecule is Cc1cc2c(=O)n(CC(=O)Nc3cc(C(F)(F)F)ccc3Cl)c(C)nc2s1. The summed E-state index contributed by atoms with van der Waals surface area (Å²) in [5.41, 5.74) is -1.50. The summed E-state index contributed by atoms with van der Waals surface area (Å²) < 4.78 is 39.7. The van der Waals surface area contributed by atoms with Crippen LogP contribution in [0.1, 0.15) is 16.3 Å². The zero-order valence-corrected chi connectivity index (χ0v) is 15.7. The molecule has 142 valence electrons. The second-order valence-electron chi connectivity index (χ2n) is 5.87. The summed E-state index contributed by atoms with van der Waals surface area (Å²) in [6.45, 7) is 3.03. The normalized spacial score (nSPS) is 11.8. The Morgan fingerprint density at radius 1 is 1.30 bits per heavy atom. The molecular weight excluding hydrogens is 403 g/mol. The Kier molecular flexibility index (Phi) is 5.00. The maximum absolute atomic E-state index is 12.8. The van der Waals surface area contributed by atoms with E-state index in [0.717, 1.165) is 23.1 Å². The lowest BCUT2D eigenvalue weighted by molar-refractivity contribution is -0.137. The number of amides is 1. The second kappa shape index (κ2) is 6.97. The molecule has 0 atom stereocenters. The van der Waals surface area contributed by atoms with Gasteiger partial charge in [0.05, 0.1) is 21.7 Å². The zero-order valence-electron chi connectivity index (χ0n) is 14.1. The Hall–Kier alpha value is -2.39. The molecule has 10 heteroatoms. The third-order valence-corrected chi connectivity index (χ3v) is 5.11. The van der Waals surface area contributed by atoms with Crippen molar-refractivity contribution >= 4 is 44.7 Å². The number of aryl methyl sites for hydroxylation is 2. The van der Waals surface area contributed by atoms with Gasteiger partial charge in [-0.25, -0.2) is 4.98 Å². The molecule has 0 radical (unpaired) electrons. The number of aromatic nitrogens is 2. The first-order valence-electron chi connectivity index (χ1n) is 7.70. The number of benzene rings is 1. The summed E-state index contributed by atoms with van der Waals surface area (Å²) in [5, 5.41) is 2.68. The molecule has 0 aliphatic carbocycles. The summed E-state index contributed by atoms with van der Waals surface area (Å²) in [4.78, 5) is 30.7.